The molecule has 0 spiro atoms. The Balaban J connectivity index is 1.32. The molecule has 2 aliphatic rings. The Morgan fingerprint density at radius 3 is 2.91 bits per heavy atom. The fourth-order valence-corrected chi connectivity index (χ4v) is 2.91. The van der Waals surface area contributed by atoms with Crippen LogP contribution in [0.25, 0.3) is 0 Å². The van der Waals surface area contributed by atoms with Crippen LogP contribution in [0, 0.1) is 0 Å². The number of nitrogens with one attached hydrogen (secondary N) is 2. The number of ether oxygens (including phenoxy) is 2. The van der Waals surface area contributed by atoms with Crippen molar-refractivity contribution in [2.75, 3.05) is 18.7 Å². The summed E-state index contributed by atoms with van der Waals surface area (Å²) in [5.41, 5.74) is 3.41. The fraction of sp³-hybridized carbons (Fsp3) is 0.235. The summed E-state index contributed by atoms with van der Waals surface area (Å²) < 4.78 is 10.5. The van der Waals surface area contributed by atoms with Gasteiger partial charge in [-0.15, -0.1) is 0 Å². The zero-order chi connectivity index (χ0) is 14.9. The van der Waals surface area contributed by atoms with Crippen molar-refractivity contribution in [3.63, 3.8) is 0 Å². The number of fused-ring (bicyclic) bond motifs is 2. The van der Waals surface area contributed by atoms with Crippen LogP contribution in [0.2, 0.25) is 0 Å². The molecule has 1 aliphatic heterocycles. The summed E-state index contributed by atoms with van der Waals surface area (Å²) in [5.74, 6) is 1.78. The second-order valence-electron chi connectivity index (χ2n) is 5.50. The molecule has 112 valence electrons. The Morgan fingerprint density at radius 2 is 2.00 bits per heavy atom. The summed E-state index contributed by atoms with van der Waals surface area (Å²) in [6.45, 7) is 0.874. The molecule has 5 heteroatoms. The van der Waals surface area contributed by atoms with Crippen molar-refractivity contribution in [2.24, 2.45) is 0 Å². The molecular formula is C17H16N2O3. The zero-order valence-electron chi connectivity index (χ0n) is 12.0. The zero-order valence-corrected chi connectivity index (χ0v) is 12.0. The lowest BCUT2D eigenvalue weighted by molar-refractivity contribution is 0.174. The Hall–Kier alpha value is -2.69. The Labute approximate surface area is 128 Å². The highest BCUT2D eigenvalue weighted by molar-refractivity contribution is 5.89. The van der Waals surface area contributed by atoms with Crippen molar-refractivity contribution in [3.05, 3.63) is 53.6 Å². The first-order chi connectivity index (χ1) is 10.8. The highest BCUT2D eigenvalue weighted by Crippen LogP contribution is 2.35. The van der Waals surface area contributed by atoms with Crippen LogP contribution in [-0.4, -0.2) is 19.4 Å². The number of anilines is 1. The van der Waals surface area contributed by atoms with Crippen LogP contribution in [0.5, 0.6) is 11.5 Å². The number of benzene rings is 2. The van der Waals surface area contributed by atoms with Gasteiger partial charge in [-0.25, -0.2) is 4.79 Å². The van der Waals surface area contributed by atoms with Crippen molar-refractivity contribution in [1.29, 1.82) is 0 Å². The average molecular weight is 296 g/mol. The molecule has 1 atom stereocenters. The maximum atomic E-state index is 12.0. The van der Waals surface area contributed by atoms with Crippen LogP contribution < -0.4 is 20.1 Å². The molecule has 0 saturated carbocycles. The molecule has 2 aromatic rings. The molecule has 0 radical (unpaired) electrons. The molecule has 4 rings (SSSR count). The van der Waals surface area contributed by atoms with Gasteiger partial charge >= 0.3 is 6.03 Å². The minimum absolute atomic E-state index is 0.205. The molecule has 22 heavy (non-hydrogen) atoms. The molecule has 2 amide bonds. The Morgan fingerprint density at radius 1 is 1.14 bits per heavy atom. The maximum Gasteiger partial charge on any atom is 0.319 e. The quantitative estimate of drug-likeness (QED) is 0.915. The number of rotatable bonds is 3. The van der Waals surface area contributed by atoms with E-state index in [9.17, 15) is 4.79 Å². The van der Waals surface area contributed by atoms with E-state index in [0.717, 1.165) is 6.42 Å². The largest absolute Gasteiger partial charge is 0.454 e. The Kier molecular flexibility index (Phi) is 3.11. The molecule has 0 saturated heterocycles. The van der Waals surface area contributed by atoms with E-state index in [0.29, 0.717) is 29.6 Å². The van der Waals surface area contributed by atoms with Crippen LogP contribution in [0.15, 0.2) is 42.5 Å². The van der Waals surface area contributed by atoms with E-state index < -0.39 is 0 Å². The van der Waals surface area contributed by atoms with E-state index >= 15 is 0 Å². The van der Waals surface area contributed by atoms with Crippen molar-refractivity contribution >= 4 is 11.7 Å². The summed E-state index contributed by atoms with van der Waals surface area (Å²) in [4.78, 5) is 12.0. The van der Waals surface area contributed by atoms with Crippen molar-refractivity contribution in [1.82, 2.24) is 5.32 Å². The smallest absolute Gasteiger partial charge is 0.319 e. The van der Waals surface area contributed by atoms with Gasteiger partial charge < -0.3 is 20.1 Å². The average Bonchev–Trinajstić information content (AvgIpc) is 2.96. The van der Waals surface area contributed by atoms with Gasteiger partial charge in [0.2, 0.25) is 6.79 Å². The topological polar surface area (TPSA) is 59.6 Å². The molecule has 2 N–H and O–H groups in total. The number of urea groups is 1. The molecule has 1 heterocycles. The molecule has 0 bridgehead atoms. The highest BCUT2D eigenvalue weighted by atomic mass is 16.7. The van der Waals surface area contributed by atoms with Crippen LogP contribution >= 0.6 is 0 Å². The van der Waals surface area contributed by atoms with Gasteiger partial charge in [-0.2, -0.15) is 0 Å². The SMILES string of the molecule is O=C(NCC1Cc2ccccc21)Nc1ccc2c(c1)OCO2. The fourth-order valence-electron chi connectivity index (χ4n) is 2.91. The minimum atomic E-state index is -0.205. The maximum absolute atomic E-state index is 12.0. The van der Waals surface area contributed by atoms with Gasteiger partial charge in [0.15, 0.2) is 11.5 Å². The van der Waals surface area contributed by atoms with Gasteiger partial charge in [0.25, 0.3) is 0 Å². The van der Waals surface area contributed by atoms with Gasteiger partial charge in [-0.3, -0.25) is 0 Å². The molecule has 1 unspecified atom stereocenters. The summed E-state index contributed by atoms with van der Waals surface area (Å²) in [6, 6.07) is 13.5. The summed E-state index contributed by atoms with van der Waals surface area (Å²) in [7, 11) is 0. The number of hydrogen-bond donors (Lipinski definition) is 2. The monoisotopic (exact) mass is 296 g/mol. The summed E-state index contributed by atoms with van der Waals surface area (Å²) >= 11 is 0. The Bertz CT molecular complexity index is 730. The van der Waals surface area contributed by atoms with Gasteiger partial charge in [0.05, 0.1) is 0 Å². The van der Waals surface area contributed by atoms with Crippen LogP contribution in [0.3, 0.4) is 0 Å². The van der Waals surface area contributed by atoms with Crippen molar-refractivity contribution in [2.45, 2.75) is 12.3 Å². The first kappa shape index (κ1) is 13.0. The van der Waals surface area contributed by atoms with E-state index in [1.54, 1.807) is 18.2 Å². The van der Waals surface area contributed by atoms with Gasteiger partial charge in [0.1, 0.15) is 0 Å². The number of carbonyl (C=O) groups is 1. The standard InChI is InChI=1S/C17H16N2O3/c20-17(18-9-12-7-11-3-1-2-4-14(11)12)19-13-5-6-15-16(8-13)22-10-21-15/h1-6,8,12H,7,9-10H2,(H2,18,19,20). The normalized spacial score (nSPS) is 17.4. The second-order valence-corrected chi connectivity index (χ2v) is 5.50. The first-order valence-electron chi connectivity index (χ1n) is 7.32. The van der Waals surface area contributed by atoms with Gasteiger partial charge in [0, 0.05) is 24.2 Å². The lowest BCUT2D eigenvalue weighted by Gasteiger charge is -2.30. The third-order valence-electron chi connectivity index (χ3n) is 4.10. The molecule has 5 nitrogen and oxygen atoms in total. The van der Waals surface area contributed by atoms with Crippen LogP contribution in [0.1, 0.15) is 17.0 Å². The van der Waals surface area contributed by atoms with E-state index in [4.69, 9.17) is 9.47 Å². The highest BCUT2D eigenvalue weighted by Gasteiger charge is 2.25. The van der Waals surface area contributed by atoms with E-state index in [-0.39, 0.29) is 12.8 Å². The second kappa shape index (κ2) is 5.26. The first-order valence-corrected chi connectivity index (χ1v) is 7.32. The third-order valence-corrected chi connectivity index (χ3v) is 4.10. The van der Waals surface area contributed by atoms with Gasteiger partial charge in [-0.1, -0.05) is 24.3 Å². The minimum Gasteiger partial charge on any atom is -0.454 e. The molecule has 1 aliphatic carbocycles. The van der Waals surface area contributed by atoms with E-state index in [1.165, 1.54) is 11.1 Å². The van der Waals surface area contributed by atoms with E-state index in [2.05, 4.69) is 28.8 Å². The molecule has 0 aromatic heterocycles. The molecular weight excluding hydrogens is 280 g/mol. The number of amides is 2. The van der Waals surface area contributed by atoms with Crippen LogP contribution in [-0.2, 0) is 6.42 Å². The molecule has 0 fully saturated rings. The lowest BCUT2D eigenvalue weighted by Crippen LogP contribution is -2.35. The third kappa shape index (κ3) is 2.35. The number of carbonyl (C=O) groups excluding carboxylic acids is 1. The van der Waals surface area contributed by atoms with E-state index in [1.807, 2.05) is 6.07 Å². The summed E-state index contributed by atoms with van der Waals surface area (Å²) in [5, 5.41) is 5.73. The summed E-state index contributed by atoms with van der Waals surface area (Å²) in [6.07, 6.45) is 1.03. The molecule has 2 aromatic carbocycles. The lowest BCUT2D eigenvalue weighted by atomic mass is 9.78. The number of hydrogen-bond acceptors (Lipinski definition) is 3. The van der Waals surface area contributed by atoms with Gasteiger partial charge in [-0.05, 0) is 29.7 Å². The predicted molar refractivity (Wildman–Crippen MR) is 82.5 cm³/mol. The van der Waals surface area contributed by atoms with Crippen molar-refractivity contribution in [3.8, 4) is 11.5 Å². The van der Waals surface area contributed by atoms with Crippen molar-refractivity contribution < 1.29 is 14.3 Å². The predicted octanol–water partition coefficient (Wildman–Crippen LogP) is 2.88. The van der Waals surface area contributed by atoms with Crippen LogP contribution in [0.4, 0.5) is 10.5 Å².